The summed E-state index contributed by atoms with van der Waals surface area (Å²) in [4.78, 5) is 23.6. The van der Waals surface area contributed by atoms with Crippen LogP contribution in [0.5, 0.6) is 5.75 Å². The molecule has 1 N–H and O–H groups in total. The van der Waals surface area contributed by atoms with Crippen molar-refractivity contribution >= 4 is 29.1 Å². The molecule has 0 aliphatic rings. The third-order valence-corrected chi connectivity index (χ3v) is 5.33. The number of carbonyl (C=O) groups is 2. The number of amides is 1. The molecule has 3 rings (SSSR count). The number of nitrogens with one attached hydrogen (secondary N) is 1. The van der Waals surface area contributed by atoms with Crippen LogP contribution in [0.3, 0.4) is 0 Å². The Kier molecular flexibility index (Phi) is 7.24. The number of benzene rings is 2. The number of rotatable bonds is 9. The molecule has 0 aliphatic heterocycles. The highest BCUT2D eigenvalue weighted by molar-refractivity contribution is 7.99. The van der Waals surface area contributed by atoms with Gasteiger partial charge in [0.1, 0.15) is 5.75 Å². The molecule has 0 saturated carbocycles. The Bertz CT molecular complexity index is 1010. The zero-order valence-corrected chi connectivity index (χ0v) is 18.0. The second kappa shape index (κ2) is 10.1. The number of hydrogen-bond acceptors (Lipinski definition) is 6. The van der Waals surface area contributed by atoms with E-state index in [1.165, 1.54) is 18.7 Å². The van der Waals surface area contributed by atoms with Crippen molar-refractivity contribution in [3.05, 3.63) is 54.1 Å². The van der Waals surface area contributed by atoms with E-state index < -0.39 is 0 Å². The summed E-state index contributed by atoms with van der Waals surface area (Å²) in [6.45, 7) is 6.78. The predicted molar refractivity (Wildman–Crippen MR) is 118 cm³/mol. The number of nitrogens with zero attached hydrogens (tertiary/aromatic N) is 3. The van der Waals surface area contributed by atoms with Crippen LogP contribution in [0.2, 0.25) is 0 Å². The monoisotopic (exact) mass is 424 g/mol. The standard InChI is InChI=1S/C22H24N4O3S/c1-4-26-21(17-8-12-19(13-9-17)29-5-2)24-25-22(26)30-14-20(28)23-18-10-6-16(7-11-18)15(3)27/h6-13H,4-5,14H2,1-3H3,(H,23,28). The van der Waals surface area contributed by atoms with Crippen molar-refractivity contribution in [1.82, 2.24) is 14.8 Å². The fraction of sp³-hybridized carbons (Fsp3) is 0.273. The molecule has 0 spiro atoms. The molecular weight excluding hydrogens is 400 g/mol. The van der Waals surface area contributed by atoms with E-state index in [1.807, 2.05) is 42.7 Å². The lowest BCUT2D eigenvalue weighted by Gasteiger charge is -2.09. The predicted octanol–water partition coefficient (Wildman–Crippen LogP) is 4.30. The third-order valence-electron chi connectivity index (χ3n) is 4.36. The summed E-state index contributed by atoms with van der Waals surface area (Å²) in [6, 6.07) is 14.6. The number of hydrogen-bond donors (Lipinski definition) is 1. The fourth-order valence-corrected chi connectivity index (χ4v) is 3.68. The maximum absolute atomic E-state index is 12.3. The molecule has 1 aromatic heterocycles. The first-order chi connectivity index (χ1) is 14.5. The van der Waals surface area contributed by atoms with Gasteiger partial charge in [-0.2, -0.15) is 0 Å². The lowest BCUT2D eigenvalue weighted by Crippen LogP contribution is -2.14. The number of ketones is 1. The van der Waals surface area contributed by atoms with Gasteiger partial charge in [-0.15, -0.1) is 10.2 Å². The Morgan fingerprint density at radius 1 is 1.03 bits per heavy atom. The minimum atomic E-state index is -0.149. The van der Waals surface area contributed by atoms with Gasteiger partial charge in [0.2, 0.25) is 5.91 Å². The second-order valence-corrected chi connectivity index (χ2v) is 7.42. The number of aromatic nitrogens is 3. The Balaban J connectivity index is 1.64. The summed E-state index contributed by atoms with van der Waals surface area (Å²) >= 11 is 1.33. The molecule has 3 aromatic rings. The van der Waals surface area contributed by atoms with Gasteiger partial charge < -0.3 is 14.6 Å². The van der Waals surface area contributed by atoms with E-state index >= 15 is 0 Å². The molecule has 0 saturated heterocycles. The van der Waals surface area contributed by atoms with Crippen LogP contribution in [0.1, 0.15) is 31.1 Å². The summed E-state index contributed by atoms with van der Waals surface area (Å²) in [6.07, 6.45) is 0. The number of Topliss-reactive ketones (excluding diaryl/α,β-unsaturated/α-hetero) is 1. The van der Waals surface area contributed by atoms with Gasteiger partial charge in [-0.3, -0.25) is 9.59 Å². The number of carbonyl (C=O) groups excluding carboxylic acids is 2. The van der Waals surface area contributed by atoms with Crippen molar-refractivity contribution in [3.8, 4) is 17.1 Å². The van der Waals surface area contributed by atoms with Crippen molar-refractivity contribution in [3.63, 3.8) is 0 Å². The van der Waals surface area contributed by atoms with E-state index in [2.05, 4.69) is 15.5 Å². The lowest BCUT2D eigenvalue weighted by atomic mass is 10.1. The summed E-state index contributed by atoms with van der Waals surface area (Å²) in [7, 11) is 0. The van der Waals surface area contributed by atoms with Gasteiger partial charge in [0, 0.05) is 23.4 Å². The Hall–Kier alpha value is -3.13. The normalized spacial score (nSPS) is 10.6. The maximum Gasteiger partial charge on any atom is 0.234 e. The molecule has 2 aromatic carbocycles. The Morgan fingerprint density at radius 2 is 1.73 bits per heavy atom. The first-order valence-electron chi connectivity index (χ1n) is 9.72. The zero-order chi connectivity index (χ0) is 21.5. The number of thioether (sulfide) groups is 1. The van der Waals surface area contributed by atoms with E-state index in [4.69, 9.17) is 4.74 Å². The Labute approximate surface area is 179 Å². The average molecular weight is 425 g/mol. The first kappa shape index (κ1) is 21.6. The van der Waals surface area contributed by atoms with E-state index in [0.717, 1.165) is 17.1 Å². The molecule has 0 bridgehead atoms. The second-order valence-electron chi connectivity index (χ2n) is 6.48. The van der Waals surface area contributed by atoms with E-state index in [9.17, 15) is 9.59 Å². The molecule has 0 atom stereocenters. The molecule has 7 nitrogen and oxygen atoms in total. The van der Waals surface area contributed by atoms with Gasteiger partial charge in [-0.05, 0) is 69.3 Å². The molecule has 0 fully saturated rings. The zero-order valence-electron chi connectivity index (χ0n) is 17.2. The molecule has 156 valence electrons. The number of anilines is 1. The van der Waals surface area contributed by atoms with Crippen LogP contribution in [0.25, 0.3) is 11.4 Å². The molecular formula is C22H24N4O3S. The van der Waals surface area contributed by atoms with Gasteiger partial charge in [0.25, 0.3) is 0 Å². The summed E-state index contributed by atoms with van der Waals surface area (Å²) < 4.78 is 7.46. The minimum Gasteiger partial charge on any atom is -0.494 e. The third kappa shape index (κ3) is 5.27. The van der Waals surface area contributed by atoms with Crippen LogP contribution in [0.15, 0.2) is 53.7 Å². The van der Waals surface area contributed by atoms with E-state index in [-0.39, 0.29) is 17.4 Å². The Morgan fingerprint density at radius 3 is 2.33 bits per heavy atom. The van der Waals surface area contributed by atoms with Crippen LogP contribution in [-0.4, -0.2) is 38.8 Å². The van der Waals surface area contributed by atoms with Crippen LogP contribution < -0.4 is 10.1 Å². The highest BCUT2D eigenvalue weighted by atomic mass is 32.2. The smallest absolute Gasteiger partial charge is 0.234 e. The first-order valence-corrected chi connectivity index (χ1v) is 10.7. The molecule has 0 aliphatic carbocycles. The molecule has 30 heavy (non-hydrogen) atoms. The minimum absolute atomic E-state index is 0.00864. The van der Waals surface area contributed by atoms with Crippen molar-refractivity contribution in [2.24, 2.45) is 0 Å². The van der Waals surface area contributed by atoms with Gasteiger partial charge in [-0.1, -0.05) is 11.8 Å². The quantitative estimate of drug-likeness (QED) is 0.407. The van der Waals surface area contributed by atoms with Crippen molar-refractivity contribution < 1.29 is 14.3 Å². The topological polar surface area (TPSA) is 86.1 Å². The lowest BCUT2D eigenvalue weighted by molar-refractivity contribution is -0.113. The van der Waals surface area contributed by atoms with Gasteiger partial charge in [-0.25, -0.2) is 0 Å². The SMILES string of the molecule is CCOc1ccc(-c2nnc(SCC(=O)Nc3ccc(C(C)=O)cc3)n2CC)cc1. The van der Waals surface area contributed by atoms with Crippen LogP contribution in [0.4, 0.5) is 5.69 Å². The average Bonchev–Trinajstić information content (AvgIpc) is 3.16. The van der Waals surface area contributed by atoms with Crippen molar-refractivity contribution in [2.45, 2.75) is 32.5 Å². The van der Waals surface area contributed by atoms with Crippen LogP contribution >= 0.6 is 11.8 Å². The largest absolute Gasteiger partial charge is 0.494 e. The highest BCUT2D eigenvalue weighted by Crippen LogP contribution is 2.25. The molecule has 1 amide bonds. The van der Waals surface area contributed by atoms with E-state index in [0.29, 0.717) is 29.6 Å². The molecule has 0 radical (unpaired) electrons. The van der Waals surface area contributed by atoms with Gasteiger partial charge in [0.05, 0.1) is 12.4 Å². The van der Waals surface area contributed by atoms with Crippen molar-refractivity contribution in [2.75, 3.05) is 17.7 Å². The van der Waals surface area contributed by atoms with Crippen molar-refractivity contribution in [1.29, 1.82) is 0 Å². The summed E-state index contributed by atoms with van der Waals surface area (Å²) in [5, 5.41) is 12.1. The van der Waals surface area contributed by atoms with E-state index in [1.54, 1.807) is 24.3 Å². The van der Waals surface area contributed by atoms with Crippen LogP contribution in [-0.2, 0) is 11.3 Å². The molecule has 8 heteroatoms. The van der Waals surface area contributed by atoms with Gasteiger partial charge in [0.15, 0.2) is 16.8 Å². The number of ether oxygens (including phenoxy) is 1. The van der Waals surface area contributed by atoms with Gasteiger partial charge >= 0.3 is 0 Å². The maximum atomic E-state index is 12.3. The summed E-state index contributed by atoms with van der Waals surface area (Å²) in [5.74, 6) is 1.61. The summed E-state index contributed by atoms with van der Waals surface area (Å²) in [5.41, 5.74) is 2.20. The molecule has 0 unspecified atom stereocenters. The highest BCUT2D eigenvalue weighted by Gasteiger charge is 2.15. The fourth-order valence-electron chi connectivity index (χ4n) is 2.88. The molecule has 1 heterocycles. The van der Waals surface area contributed by atoms with Crippen LogP contribution in [0, 0.1) is 0 Å².